The third-order valence-corrected chi connectivity index (χ3v) is 8.16. The van der Waals surface area contributed by atoms with E-state index in [1.54, 1.807) is 0 Å². The fourth-order valence-electron chi connectivity index (χ4n) is 5.52. The number of hydrogen-bond donors (Lipinski definition) is 0. The van der Waals surface area contributed by atoms with E-state index >= 15 is 0 Å². The highest BCUT2D eigenvalue weighted by Gasteiger charge is 2.03. The van der Waals surface area contributed by atoms with Gasteiger partial charge in [0, 0.05) is 6.42 Å². The fraction of sp³-hybridized carbons (Fsp3) is 0.811. The van der Waals surface area contributed by atoms with E-state index in [0.717, 1.165) is 24.3 Å². The normalized spacial score (nSPS) is 11.4. The smallest absolute Gasteiger partial charge is 0.306 e. The maximum atomic E-state index is 11.8. The molecule has 0 fully saturated rings. The maximum Gasteiger partial charge on any atom is 0.306 e. The molecule has 0 saturated heterocycles. The molecular formula is C37H66O2. The summed E-state index contributed by atoms with van der Waals surface area (Å²) in [7, 11) is 0. The first kappa shape index (κ1) is 35.7. The van der Waals surface area contributed by atoms with Crippen molar-refractivity contribution in [1.29, 1.82) is 0 Å². The molecule has 0 saturated carbocycles. The third kappa shape index (κ3) is 26.7. The first-order valence-corrected chi connectivity index (χ1v) is 17.4. The Morgan fingerprint density at radius 2 is 0.846 bits per heavy atom. The van der Waals surface area contributed by atoms with Crippen molar-refractivity contribution in [2.45, 2.75) is 187 Å². The van der Waals surface area contributed by atoms with E-state index in [4.69, 9.17) is 4.74 Å². The Hall–Kier alpha value is -1.31. The van der Waals surface area contributed by atoms with Crippen LogP contribution in [0.2, 0.25) is 0 Å². The molecule has 0 N–H and O–H groups in total. The highest BCUT2D eigenvalue weighted by Crippen LogP contribution is 2.16. The van der Waals surface area contributed by atoms with Crippen molar-refractivity contribution in [3.8, 4) is 0 Å². The first-order chi connectivity index (χ1) is 19.2. The van der Waals surface area contributed by atoms with Crippen LogP contribution >= 0.6 is 0 Å². The van der Waals surface area contributed by atoms with E-state index in [9.17, 15) is 4.79 Å². The van der Waals surface area contributed by atoms with Crippen LogP contribution in [-0.2, 0) is 16.1 Å². The van der Waals surface area contributed by atoms with Gasteiger partial charge in [0.1, 0.15) is 6.61 Å². The summed E-state index contributed by atoms with van der Waals surface area (Å²) in [5, 5.41) is 0. The van der Waals surface area contributed by atoms with Gasteiger partial charge in [0.25, 0.3) is 0 Å². The number of esters is 1. The van der Waals surface area contributed by atoms with Crippen molar-refractivity contribution in [3.63, 3.8) is 0 Å². The second-order valence-corrected chi connectivity index (χ2v) is 12.6. The molecule has 1 rings (SSSR count). The largest absolute Gasteiger partial charge is 0.461 e. The van der Waals surface area contributed by atoms with Gasteiger partial charge < -0.3 is 4.74 Å². The lowest BCUT2D eigenvalue weighted by atomic mass is 10.0. The number of ether oxygens (including phenoxy) is 1. The van der Waals surface area contributed by atoms with E-state index in [1.807, 2.05) is 30.3 Å². The van der Waals surface area contributed by atoms with E-state index in [-0.39, 0.29) is 5.97 Å². The van der Waals surface area contributed by atoms with Crippen LogP contribution in [0.1, 0.15) is 186 Å². The molecule has 0 heterocycles. The summed E-state index contributed by atoms with van der Waals surface area (Å²) in [5.74, 6) is 0.828. The molecule has 0 atom stereocenters. The molecule has 39 heavy (non-hydrogen) atoms. The van der Waals surface area contributed by atoms with Gasteiger partial charge in [-0.1, -0.05) is 198 Å². The van der Waals surface area contributed by atoms with Crippen LogP contribution in [-0.4, -0.2) is 5.97 Å². The molecule has 0 aromatic heterocycles. The highest BCUT2D eigenvalue weighted by atomic mass is 16.5. The predicted octanol–water partition coefficient (Wildman–Crippen LogP) is 12.5. The van der Waals surface area contributed by atoms with Crippen molar-refractivity contribution in [2.75, 3.05) is 0 Å². The first-order valence-electron chi connectivity index (χ1n) is 17.4. The third-order valence-electron chi connectivity index (χ3n) is 8.16. The molecule has 0 unspecified atom stereocenters. The molecule has 2 nitrogen and oxygen atoms in total. The van der Waals surface area contributed by atoms with Gasteiger partial charge in [-0.25, -0.2) is 0 Å². The summed E-state index contributed by atoms with van der Waals surface area (Å²) in [6, 6.07) is 9.93. The Bertz CT molecular complexity index is 624. The minimum Gasteiger partial charge on any atom is -0.461 e. The van der Waals surface area contributed by atoms with Crippen molar-refractivity contribution in [1.82, 2.24) is 0 Å². The van der Waals surface area contributed by atoms with Crippen LogP contribution in [0.5, 0.6) is 0 Å². The molecule has 0 aliphatic heterocycles. The van der Waals surface area contributed by atoms with Crippen LogP contribution < -0.4 is 0 Å². The molecule has 2 heteroatoms. The van der Waals surface area contributed by atoms with Gasteiger partial charge in [0.2, 0.25) is 0 Å². The van der Waals surface area contributed by atoms with Gasteiger partial charge in [0.05, 0.1) is 0 Å². The lowest BCUT2D eigenvalue weighted by molar-refractivity contribution is -0.145. The van der Waals surface area contributed by atoms with E-state index < -0.39 is 0 Å². The summed E-state index contributed by atoms with van der Waals surface area (Å²) in [6.45, 7) is 5.08. The van der Waals surface area contributed by atoms with Gasteiger partial charge in [-0.3, -0.25) is 4.79 Å². The van der Waals surface area contributed by atoms with Crippen molar-refractivity contribution in [2.24, 2.45) is 5.92 Å². The van der Waals surface area contributed by atoms with Gasteiger partial charge >= 0.3 is 5.97 Å². The summed E-state index contributed by atoms with van der Waals surface area (Å²) >= 11 is 0. The van der Waals surface area contributed by atoms with Gasteiger partial charge in [-0.05, 0) is 17.9 Å². The van der Waals surface area contributed by atoms with E-state index in [2.05, 4.69) is 13.8 Å². The standard InChI is InChI=1S/C37H66O2/c1-35(2)30-26-23-21-19-17-15-13-11-9-7-5-3-4-6-8-10-12-14-16-18-20-22-24-29-33-37(38)39-34-36-31-27-25-28-32-36/h25,27-28,31-32,35H,3-24,26,29-30,33-34H2,1-2H3. The van der Waals surface area contributed by atoms with Crippen LogP contribution in [0.4, 0.5) is 0 Å². The van der Waals surface area contributed by atoms with E-state index in [0.29, 0.717) is 13.0 Å². The Labute approximate surface area is 244 Å². The molecule has 0 aliphatic rings. The topological polar surface area (TPSA) is 26.3 Å². The minimum absolute atomic E-state index is 0.0574. The number of rotatable bonds is 29. The zero-order valence-electron chi connectivity index (χ0n) is 26.4. The number of carbonyl (C=O) groups is 1. The second kappa shape index (κ2) is 28.2. The van der Waals surface area contributed by atoms with Crippen molar-refractivity contribution in [3.05, 3.63) is 35.9 Å². The lowest BCUT2D eigenvalue weighted by Gasteiger charge is -2.05. The maximum absolute atomic E-state index is 11.8. The Balaban J connectivity index is 1.67. The molecule has 0 aliphatic carbocycles. The number of benzene rings is 1. The molecule has 0 bridgehead atoms. The lowest BCUT2D eigenvalue weighted by Crippen LogP contribution is -2.04. The van der Waals surface area contributed by atoms with Crippen LogP contribution in [0.15, 0.2) is 30.3 Å². The summed E-state index contributed by atoms with van der Waals surface area (Å²) in [4.78, 5) is 11.8. The predicted molar refractivity (Wildman–Crippen MR) is 171 cm³/mol. The molecule has 0 amide bonds. The monoisotopic (exact) mass is 543 g/mol. The second-order valence-electron chi connectivity index (χ2n) is 12.6. The van der Waals surface area contributed by atoms with Crippen LogP contribution in [0.25, 0.3) is 0 Å². The number of unbranched alkanes of at least 4 members (excludes halogenated alkanes) is 23. The molecular weight excluding hydrogens is 476 g/mol. The number of carbonyl (C=O) groups excluding carboxylic acids is 1. The fourth-order valence-corrected chi connectivity index (χ4v) is 5.52. The summed E-state index contributed by atoms with van der Waals surface area (Å²) in [6.07, 6.45) is 35.6. The van der Waals surface area contributed by atoms with Crippen LogP contribution in [0, 0.1) is 5.92 Å². The minimum atomic E-state index is -0.0574. The molecule has 1 aromatic rings. The van der Waals surface area contributed by atoms with Crippen molar-refractivity contribution >= 4 is 5.97 Å². The quantitative estimate of drug-likeness (QED) is 0.0743. The average Bonchev–Trinajstić information content (AvgIpc) is 2.94. The highest BCUT2D eigenvalue weighted by molar-refractivity contribution is 5.69. The molecule has 0 radical (unpaired) electrons. The van der Waals surface area contributed by atoms with E-state index in [1.165, 1.54) is 148 Å². The average molecular weight is 543 g/mol. The van der Waals surface area contributed by atoms with Crippen molar-refractivity contribution < 1.29 is 9.53 Å². The van der Waals surface area contributed by atoms with Gasteiger partial charge in [-0.2, -0.15) is 0 Å². The Kier molecular flexibility index (Phi) is 25.9. The molecule has 0 spiro atoms. The summed E-state index contributed by atoms with van der Waals surface area (Å²) < 4.78 is 5.35. The zero-order valence-corrected chi connectivity index (χ0v) is 26.4. The van der Waals surface area contributed by atoms with Gasteiger partial charge in [-0.15, -0.1) is 0 Å². The van der Waals surface area contributed by atoms with Crippen LogP contribution in [0.3, 0.4) is 0 Å². The zero-order chi connectivity index (χ0) is 28.1. The molecule has 226 valence electrons. The summed E-state index contributed by atoms with van der Waals surface area (Å²) in [5.41, 5.74) is 1.06. The number of hydrogen-bond acceptors (Lipinski definition) is 2. The van der Waals surface area contributed by atoms with Gasteiger partial charge in [0.15, 0.2) is 0 Å². The Morgan fingerprint density at radius 3 is 1.21 bits per heavy atom. The Morgan fingerprint density at radius 1 is 0.513 bits per heavy atom. The molecule has 1 aromatic carbocycles. The SMILES string of the molecule is CC(C)CCCCCCCCCCCCCCCCCCCCCCCCCCC(=O)OCc1ccccc1.